The fourth-order valence-electron chi connectivity index (χ4n) is 4.09. The molecule has 0 spiro atoms. The first-order valence-electron chi connectivity index (χ1n) is 10.4. The van der Waals surface area contributed by atoms with E-state index in [1.807, 2.05) is 31.4 Å². The van der Waals surface area contributed by atoms with E-state index in [0.29, 0.717) is 5.75 Å². The van der Waals surface area contributed by atoms with Crippen LogP contribution in [0.2, 0.25) is 0 Å². The summed E-state index contributed by atoms with van der Waals surface area (Å²) in [4.78, 5) is 15.9. The Labute approximate surface area is 172 Å². The molecule has 2 aliphatic heterocycles. The van der Waals surface area contributed by atoms with Crippen LogP contribution in [0, 0.1) is 0 Å². The zero-order valence-electron chi connectivity index (χ0n) is 17.1. The first-order chi connectivity index (χ1) is 14.2. The van der Waals surface area contributed by atoms with Crippen LogP contribution in [0.25, 0.3) is 0 Å². The Bertz CT molecular complexity index is 841. The molecule has 0 radical (unpaired) electrons. The number of piperazine rings is 1. The number of phenols is 1. The topological polar surface area (TPSA) is 67.2 Å². The minimum absolute atomic E-state index is 0.343. The number of para-hydroxylation sites is 2. The van der Waals surface area contributed by atoms with E-state index in [1.54, 1.807) is 6.07 Å². The average molecular weight is 395 g/mol. The van der Waals surface area contributed by atoms with Gasteiger partial charge in [0.25, 0.3) is 0 Å². The number of anilines is 2. The number of aromatic hydroxyl groups is 1. The van der Waals surface area contributed by atoms with Crippen LogP contribution in [0.1, 0.15) is 18.4 Å². The van der Waals surface area contributed by atoms with Gasteiger partial charge in [-0.05, 0) is 42.7 Å². The van der Waals surface area contributed by atoms with E-state index in [-0.39, 0.29) is 0 Å². The second-order valence-electron chi connectivity index (χ2n) is 7.58. The van der Waals surface area contributed by atoms with Gasteiger partial charge in [-0.2, -0.15) is 0 Å². The van der Waals surface area contributed by atoms with Crippen LogP contribution in [-0.4, -0.2) is 67.3 Å². The number of hydrogen-bond acceptors (Lipinski definition) is 5. The molecule has 2 aliphatic rings. The fraction of sp³-hybridized carbons (Fsp3) is 0.455. The first kappa shape index (κ1) is 19.4. The van der Waals surface area contributed by atoms with Crippen molar-refractivity contribution < 1.29 is 5.11 Å². The minimum atomic E-state index is 0.343. The number of hydrogen-bond donors (Lipinski definition) is 2. The molecule has 0 amide bonds. The predicted molar refractivity (Wildman–Crippen MR) is 118 cm³/mol. The molecule has 0 saturated carbocycles. The predicted octanol–water partition coefficient (Wildman–Crippen LogP) is 2.29. The van der Waals surface area contributed by atoms with E-state index < -0.39 is 0 Å². The van der Waals surface area contributed by atoms with Gasteiger partial charge in [0, 0.05) is 59.1 Å². The number of phenolic OH excluding ortho intramolecular Hbond substituents is 1. The van der Waals surface area contributed by atoms with Crippen molar-refractivity contribution in [1.82, 2.24) is 15.2 Å². The smallest absolute Gasteiger partial charge is 0.194 e. The third-order valence-corrected chi connectivity index (χ3v) is 5.70. The van der Waals surface area contributed by atoms with Gasteiger partial charge in [-0.1, -0.05) is 12.1 Å². The second-order valence-corrected chi connectivity index (χ2v) is 7.58. The SMILES string of the molecule is CN=C(NCc1ccnc(N2CCCC2)c1)N1CCN(c2ccccc2O)CC1. The minimum Gasteiger partial charge on any atom is -0.506 e. The van der Waals surface area contributed by atoms with Crippen molar-refractivity contribution in [3.8, 4) is 5.75 Å². The van der Waals surface area contributed by atoms with Gasteiger partial charge in [-0.3, -0.25) is 4.99 Å². The van der Waals surface area contributed by atoms with Crippen LogP contribution >= 0.6 is 0 Å². The van der Waals surface area contributed by atoms with E-state index in [0.717, 1.165) is 63.3 Å². The van der Waals surface area contributed by atoms with Crippen molar-refractivity contribution in [2.45, 2.75) is 19.4 Å². The molecule has 2 fully saturated rings. The van der Waals surface area contributed by atoms with Crippen molar-refractivity contribution in [1.29, 1.82) is 0 Å². The number of rotatable bonds is 4. The molecule has 2 N–H and O–H groups in total. The third-order valence-electron chi connectivity index (χ3n) is 5.70. The number of aromatic nitrogens is 1. The Hall–Kier alpha value is -2.96. The van der Waals surface area contributed by atoms with Crippen molar-refractivity contribution in [2.75, 3.05) is 56.1 Å². The molecule has 0 bridgehead atoms. The lowest BCUT2D eigenvalue weighted by atomic mass is 10.2. The number of benzene rings is 1. The Morgan fingerprint density at radius 1 is 1.03 bits per heavy atom. The number of aliphatic imine (C=N–C) groups is 1. The largest absolute Gasteiger partial charge is 0.506 e. The number of pyridine rings is 1. The highest BCUT2D eigenvalue weighted by Crippen LogP contribution is 2.27. The molecule has 7 nitrogen and oxygen atoms in total. The summed E-state index contributed by atoms with van der Waals surface area (Å²) in [6, 6.07) is 11.8. The monoisotopic (exact) mass is 394 g/mol. The number of nitrogens with zero attached hydrogens (tertiary/aromatic N) is 5. The van der Waals surface area contributed by atoms with Gasteiger partial charge in [0.05, 0.1) is 5.69 Å². The Morgan fingerprint density at radius 3 is 2.52 bits per heavy atom. The number of nitrogens with one attached hydrogen (secondary N) is 1. The lowest BCUT2D eigenvalue weighted by molar-refractivity contribution is 0.369. The molecular formula is C22H30N6O. The Kier molecular flexibility index (Phi) is 6.03. The third kappa shape index (κ3) is 4.55. The van der Waals surface area contributed by atoms with E-state index in [9.17, 15) is 5.11 Å². The maximum absolute atomic E-state index is 10.1. The summed E-state index contributed by atoms with van der Waals surface area (Å²) < 4.78 is 0. The van der Waals surface area contributed by atoms with E-state index in [4.69, 9.17) is 0 Å². The summed E-state index contributed by atoms with van der Waals surface area (Å²) in [5.41, 5.74) is 2.12. The molecule has 0 atom stereocenters. The summed E-state index contributed by atoms with van der Waals surface area (Å²) in [5, 5.41) is 13.6. The van der Waals surface area contributed by atoms with Crippen molar-refractivity contribution >= 4 is 17.5 Å². The van der Waals surface area contributed by atoms with E-state index in [2.05, 4.69) is 42.1 Å². The molecule has 1 aromatic carbocycles. The first-order valence-corrected chi connectivity index (χ1v) is 10.4. The van der Waals surface area contributed by atoms with Crippen molar-refractivity contribution in [3.63, 3.8) is 0 Å². The molecule has 0 unspecified atom stereocenters. The standard InChI is InChI=1S/C22H30N6O/c1-23-22(25-17-18-8-9-24-21(16-18)27-10-4-5-11-27)28-14-12-26(13-15-28)19-6-2-3-7-20(19)29/h2-3,6-9,16,29H,4-5,10-15,17H2,1H3,(H,23,25). The van der Waals surface area contributed by atoms with Crippen LogP contribution in [-0.2, 0) is 6.54 Å². The van der Waals surface area contributed by atoms with E-state index in [1.165, 1.54) is 18.4 Å². The molecule has 4 rings (SSSR count). The highest BCUT2D eigenvalue weighted by Gasteiger charge is 2.21. The molecule has 154 valence electrons. The van der Waals surface area contributed by atoms with E-state index >= 15 is 0 Å². The van der Waals surface area contributed by atoms with Crippen LogP contribution in [0.5, 0.6) is 5.75 Å². The molecule has 0 aliphatic carbocycles. The van der Waals surface area contributed by atoms with Crippen LogP contribution in [0.3, 0.4) is 0 Å². The van der Waals surface area contributed by atoms with Crippen molar-refractivity contribution in [2.24, 2.45) is 4.99 Å². The summed E-state index contributed by atoms with van der Waals surface area (Å²) in [6.45, 7) is 6.38. The van der Waals surface area contributed by atoms with Crippen LogP contribution in [0.4, 0.5) is 11.5 Å². The highest BCUT2D eigenvalue weighted by atomic mass is 16.3. The summed E-state index contributed by atoms with van der Waals surface area (Å²) in [6.07, 6.45) is 4.41. The molecule has 7 heteroatoms. The highest BCUT2D eigenvalue weighted by molar-refractivity contribution is 5.80. The van der Waals surface area contributed by atoms with Gasteiger partial charge in [-0.25, -0.2) is 4.98 Å². The molecule has 2 saturated heterocycles. The molecule has 29 heavy (non-hydrogen) atoms. The molecule has 1 aromatic heterocycles. The van der Waals surface area contributed by atoms with Gasteiger partial charge < -0.3 is 25.1 Å². The normalized spacial score (nSPS) is 17.7. The second kappa shape index (κ2) is 9.03. The van der Waals surface area contributed by atoms with Crippen LogP contribution in [0.15, 0.2) is 47.6 Å². The van der Waals surface area contributed by atoms with Gasteiger partial charge >= 0.3 is 0 Å². The zero-order valence-corrected chi connectivity index (χ0v) is 17.1. The lowest BCUT2D eigenvalue weighted by Gasteiger charge is -2.37. The van der Waals surface area contributed by atoms with Gasteiger partial charge in [0.1, 0.15) is 11.6 Å². The molecular weight excluding hydrogens is 364 g/mol. The molecule has 3 heterocycles. The molecule has 2 aromatic rings. The maximum atomic E-state index is 10.1. The average Bonchev–Trinajstić information content (AvgIpc) is 3.30. The Balaban J connectivity index is 1.32. The zero-order chi connectivity index (χ0) is 20.1. The van der Waals surface area contributed by atoms with Gasteiger partial charge in [-0.15, -0.1) is 0 Å². The quantitative estimate of drug-likeness (QED) is 0.613. The maximum Gasteiger partial charge on any atom is 0.194 e. The summed E-state index contributed by atoms with van der Waals surface area (Å²) in [5.74, 6) is 2.34. The summed E-state index contributed by atoms with van der Waals surface area (Å²) >= 11 is 0. The number of guanidine groups is 1. The lowest BCUT2D eigenvalue weighted by Crippen LogP contribution is -2.52. The van der Waals surface area contributed by atoms with Gasteiger partial charge in [0.15, 0.2) is 5.96 Å². The Morgan fingerprint density at radius 2 is 1.79 bits per heavy atom. The fourth-order valence-corrected chi connectivity index (χ4v) is 4.09. The van der Waals surface area contributed by atoms with Crippen LogP contribution < -0.4 is 15.1 Å². The van der Waals surface area contributed by atoms with Gasteiger partial charge in [0.2, 0.25) is 0 Å². The van der Waals surface area contributed by atoms with Crippen molar-refractivity contribution in [3.05, 3.63) is 48.2 Å². The summed E-state index contributed by atoms with van der Waals surface area (Å²) in [7, 11) is 1.83.